The minimum Gasteiger partial charge on any atom is -0.488 e. The van der Waals surface area contributed by atoms with Gasteiger partial charge in [0, 0.05) is 42.5 Å². The molecule has 4 rings (SSSR count). The Bertz CT molecular complexity index is 1240. The fourth-order valence-corrected chi connectivity index (χ4v) is 4.95. The normalized spacial score (nSPS) is 19.5. The van der Waals surface area contributed by atoms with Gasteiger partial charge in [-0.05, 0) is 24.0 Å². The number of allylic oxidation sites excluding steroid dienone is 3. The van der Waals surface area contributed by atoms with E-state index < -0.39 is 5.92 Å². The van der Waals surface area contributed by atoms with E-state index in [1.54, 1.807) is 31.4 Å². The van der Waals surface area contributed by atoms with E-state index in [4.69, 9.17) is 15.2 Å². The van der Waals surface area contributed by atoms with Crippen molar-refractivity contribution in [1.29, 1.82) is 5.26 Å². The molecule has 2 aliphatic rings. The fourth-order valence-electron chi connectivity index (χ4n) is 4.95. The first-order valence-corrected chi connectivity index (χ1v) is 11.6. The Labute approximate surface area is 205 Å². The molecule has 0 bridgehead atoms. The number of rotatable bonds is 7. The van der Waals surface area contributed by atoms with E-state index in [-0.39, 0.29) is 23.6 Å². The molecule has 1 aliphatic heterocycles. The number of hydrogen-bond acceptors (Lipinski definition) is 6. The lowest BCUT2D eigenvalue weighted by Crippen LogP contribution is -2.43. The molecule has 1 heterocycles. The van der Waals surface area contributed by atoms with Crippen molar-refractivity contribution in [3.63, 3.8) is 0 Å². The number of benzene rings is 2. The van der Waals surface area contributed by atoms with E-state index in [1.165, 1.54) is 6.07 Å². The number of nitriles is 1. The predicted octanol–water partition coefficient (Wildman–Crippen LogP) is 4.79. The van der Waals surface area contributed by atoms with E-state index >= 15 is 0 Å². The van der Waals surface area contributed by atoms with Crippen molar-refractivity contribution in [2.24, 2.45) is 11.1 Å². The third-order valence-corrected chi connectivity index (χ3v) is 6.58. The molecule has 7 heteroatoms. The lowest BCUT2D eigenvalue weighted by molar-refractivity contribution is -0.118. The van der Waals surface area contributed by atoms with Crippen LogP contribution in [-0.4, -0.2) is 30.9 Å². The van der Waals surface area contributed by atoms with Crippen LogP contribution < -0.4 is 10.5 Å². The van der Waals surface area contributed by atoms with Crippen LogP contribution in [0.4, 0.5) is 4.39 Å². The number of nitrogens with two attached hydrogens (primary N) is 1. The minimum atomic E-state index is -0.658. The summed E-state index contributed by atoms with van der Waals surface area (Å²) < 4.78 is 25.5. The second-order valence-electron chi connectivity index (χ2n) is 9.71. The van der Waals surface area contributed by atoms with Crippen molar-refractivity contribution in [1.82, 2.24) is 4.90 Å². The molecule has 1 aliphatic carbocycles. The molecule has 0 unspecified atom stereocenters. The molecule has 6 nitrogen and oxygen atoms in total. The van der Waals surface area contributed by atoms with Crippen LogP contribution in [0.15, 0.2) is 71.2 Å². The average Bonchev–Trinajstić information content (AvgIpc) is 2.82. The molecule has 0 aromatic heterocycles. The predicted molar refractivity (Wildman–Crippen MR) is 130 cm³/mol. The number of ketones is 1. The van der Waals surface area contributed by atoms with Crippen LogP contribution in [0.2, 0.25) is 0 Å². The Hall–Kier alpha value is -3.63. The summed E-state index contributed by atoms with van der Waals surface area (Å²) in [6.07, 6.45) is 1.02. The van der Waals surface area contributed by atoms with E-state index in [0.29, 0.717) is 59.8 Å². The SMILES string of the molecule is COCCN1C(N)=C(C#N)[C@H](c2ccccc2OCc2ccccc2F)C2=C1CC(C)(C)CC2=O. The number of Topliss-reactive ketones (excluding diaryl/α,β-unsaturated/α-hetero) is 1. The molecular formula is C28H30FN3O3. The molecule has 1 atom stereocenters. The van der Waals surface area contributed by atoms with Gasteiger partial charge in [0.2, 0.25) is 0 Å². The van der Waals surface area contributed by atoms with Gasteiger partial charge in [0.1, 0.15) is 24.0 Å². The number of methoxy groups -OCH3 is 1. The number of halogens is 1. The van der Waals surface area contributed by atoms with Crippen molar-refractivity contribution >= 4 is 5.78 Å². The summed E-state index contributed by atoms with van der Waals surface area (Å²) in [6.45, 7) is 4.97. The number of hydrogen-bond donors (Lipinski definition) is 1. The second kappa shape index (κ2) is 9.93. The molecule has 182 valence electrons. The average molecular weight is 476 g/mol. The Morgan fingerprint density at radius 3 is 2.60 bits per heavy atom. The standard InChI is InChI=1S/C28H30FN3O3/c1-28(2)14-22-26(23(33)15-28)25(20(16-30)27(31)32(22)12-13-34-3)19-9-5-7-11-24(19)35-17-18-8-4-6-10-21(18)29/h4-11,25H,12-15,17,31H2,1-3H3/t25-/m0/s1. The zero-order valence-corrected chi connectivity index (χ0v) is 20.3. The monoisotopic (exact) mass is 475 g/mol. The quantitative estimate of drug-likeness (QED) is 0.620. The summed E-state index contributed by atoms with van der Waals surface area (Å²) in [6, 6.07) is 16.0. The molecule has 2 aromatic rings. The lowest BCUT2D eigenvalue weighted by Gasteiger charge is -2.44. The first kappa shape index (κ1) is 24.5. The number of carbonyl (C=O) groups excluding carboxylic acids is 1. The van der Waals surface area contributed by atoms with Gasteiger partial charge in [-0.1, -0.05) is 50.2 Å². The molecule has 2 N–H and O–H groups in total. The van der Waals surface area contributed by atoms with Crippen molar-refractivity contribution < 1.29 is 18.7 Å². The topological polar surface area (TPSA) is 88.6 Å². The third kappa shape index (κ3) is 4.80. The van der Waals surface area contributed by atoms with Gasteiger partial charge in [-0.3, -0.25) is 4.79 Å². The molecule has 2 aromatic carbocycles. The number of ether oxygens (including phenoxy) is 2. The maximum atomic E-state index is 14.2. The smallest absolute Gasteiger partial charge is 0.162 e. The minimum absolute atomic E-state index is 0.00664. The zero-order chi connectivity index (χ0) is 25.2. The summed E-state index contributed by atoms with van der Waals surface area (Å²) in [5.41, 5.74) is 9.12. The zero-order valence-electron chi connectivity index (χ0n) is 20.3. The van der Waals surface area contributed by atoms with Gasteiger partial charge in [-0.15, -0.1) is 0 Å². The highest BCUT2D eigenvalue weighted by molar-refractivity contribution is 6.00. The van der Waals surface area contributed by atoms with Crippen LogP contribution in [0.5, 0.6) is 5.75 Å². The van der Waals surface area contributed by atoms with Crippen molar-refractivity contribution in [2.75, 3.05) is 20.3 Å². The van der Waals surface area contributed by atoms with Gasteiger partial charge < -0.3 is 20.1 Å². The maximum absolute atomic E-state index is 14.2. The molecule has 35 heavy (non-hydrogen) atoms. The van der Waals surface area contributed by atoms with Crippen LogP contribution in [0.3, 0.4) is 0 Å². The Kier molecular flexibility index (Phi) is 6.95. The molecule has 0 fully saturated rings. The van der Waals surface area contributed by atoms with Crippen molar-refractivity contribution in [3.05, 3.63) is 88.1 Å². The Morgan fingerprint density at radius 1 is 1.17 bits per heavy atom. The van der Waals surface area contributed by atoms with Crippen LogP contribution in [0.1, 0.15) is 43.7 Å². The van der Waals surface area contributed by atoms with Crippen molar-refractivity contribution in [3.8, 4) is 11.8 Å². The number of nitrogens with zero attached hydrogens (tertiary/aromatic N) is 2. The summed E-state index contributed by atoms with van der Waals surface area (Å²) in [7, 11) is 1.60. The van der Waals surface area contributed by atoms with Crippen LogP contribution in [0.25, 0.3) is 0 Å². The molecule has 0 saturated carbocycles. The summed E-state index contributed by atoms with van der Waals surface area (Å²) in [5, 5.41) is 10.2. The number of para-hydroxylation sites is 1. The summed E-state index contributed by atoms with van der Waals surface area (Å²) in [5.74, 6) is -0.214. The first-order chi connectivity index (χ1) is 16.8. The first-order valence-electron chi connectivity index (χ1n) is 11.6. The van der Waals surface area contributed by atoms with E-state index in [2.05, 4.69) is 19.9 Å². The number of carbonyl (C=O) groups is 1. The van der Waals surface area contributed by atoms with Gasteiger partial charge >= 0.3 is 0 Å². The Balaban J connectivity index is 1.82. The highest BCUT2D eigenvalue weighted by Crippen LogP contribution is 2.50. The van der Waals surface area contributed by atoms with Gasteiger partial charge in [-0.2, -0.15) is 5.26 Å². The highest BCUT2D eigenvalue weighted by atomic mass is 19.1. The van der Waals surface area contributed by atoms with Gasteiger partial charge in [-0.25, -0.2) is 4.39 Å². The van der Waals surface area contributed by atoms with Crippen LogP contribution >= 0.6 is 0 Å². The molecule has 0 amide bonds. The Morgan fingerprint density at radius 2 is 1.89 bits per heavy atom. The third-order valence-electron chi connectivity index (χ3n) is 6.58. The van der Waals surface area contributed by atoms with Crippen molar-refractivity contribution in [2.45, 2.75) is 39.2 Å². The molecule has 0 saturated heterocycles. The second-order valence-corrected chi connectivity index (χ2v) is 9.71. The van der Waals surface area contributed by atoms with Gasteiger partial charge in [0.05, 0.1) is 24.2 Å². The highest BCUT2D eigenvalue weighted by Gasteiger charge is 2.44. The molecule has 0 spiro atoms. The maximum Gasteiger partial charge on any atom is 0.162 e. The fraction of sp³-hybridized carbons (Fsp3) is 0.357. The summed E-state index contributed by atoms with van der Waals surface area (Å²) in [4.78, 5) is 15.4. The molecular weight excluding hydrogens is 445 g/mol. The summed E-state index contributed by atoms with van der Waals surface area (Å²) >= 11 is 0. The van der Waals surface area contributed by atoms with E-state index in [1.807, 2.05) is 23.1 Å². The lowest BCUT2D eigenvalue weighted by atomic mass is 9.68. The van der Waals surface area contributed by atoms with Crippen LogP contribution in [-0.2, 0) is 16.1 Å². The van der Waals surface area contributed by atoms with Crippen LogP contribution in [0, 0.1) is 22.6 Å². The van der Waals surface area contributed by atoms with Gasteiger partial charge in [0.15, 0.2) is 5.78 Å². The van der Waals surface area contributed by atoms with Gasteiger partial charge in [0.25, 0.3) is 0 Å². The van der Waals surface area contributed by atoms with E-state index in [9.17, 15) is 14.4 Å². The van der Waals surface area contributed by atoms with E-state index in [0.717, 1.165) is 5.70 Å². The largest absolute Gasteiger partial charge is 0.488 e. The molecule has 0 radical (unpaired) electrons.